The quantitative estimate of drug-likeness (QED) is 0.520. The molecule has 0 bridgehead atoms. The van der Waals surface area contributed by atoms with Crippen LogP contribution in [0.5, 0.6) is 5.75 Å². The molecule has 0 unspecified atom stereocenters. The average molecular weight is 461 g/mol. The fourth-order valence-electron chi connectivity index (χ4n) is 4.26. The molecule has 0 aliphatic carbocycles. The maximum Gasteiger partial charge on any atom is 0.244 e. The van der Waals surface area contributed by atoms with Gasteiger partial charge in [0.1, 0.15) is 12.3 Å². The van der Waals surface area contributed by atoms with Crippen LogP contribution in [0.3, 0.4) is 0 Å². The van der Waals surface area contributed by atoms with E-state index in [1.165, 1.54) is 0 Å². The van der Waals surface area contributed by atoms with Crippen LogP contribution in [0.4, 0.5) is 11.4 Å². The third-order valence-electron chi connectivity index (χ3n) is 5.82. The van der Waals surface area contributed by atoms with Crippen molar-refractivity contribution in [2.24, 2.45) is 0 Å². The van der Waals surface area contributed by atoms with Crippen molar-refractivity contribution in [3.63, 3.8) is 0 Å². The van der Waals surface area contributed by atoms with Gasteiger partial charge in [-0.2, -0.15) is 0 Å². The van der Waals surface area contributed by atoms with Crippen LogP contribution in [0.2, 0.25) is 0 Å². The van der Waals surface area contributed by atoms with E-state index in [0.717, 1.165) is 44.3 Å². The number of amides is 2. The highest BCUT2D eigenvalue weighted by Gasteiger charge is 2.30. The highest BCUT2D eigenvalue weighted by Crippen LogP contribution is 2.45. The molecule has 5 nitrogen and oxygen atoms in total. The first kappa shape index (κ1) is 22.9. The Bertz CT molecular complexity index is 1170. The monoisotopic (exact) mass is 460 g/mol. The van der Waals surface area contributed by atoms with Crippen LogP contribution in [0.1, 0.15) is 33.9 Å². The molecule has 3 aromatic carbocycles. The molecule has 33 heavy (non-hydrogen) atoms. The molecule has 6 heteroatoms. The number of carbonyl (C=O) groups excluding carboxylic acids is 2. The summed E-state index contributed by atoms with van der Waals surface area (Å²) in [6.07, 6.45) is 0.307. The lowest BCUT2D eigenvalue weighted by atomic mass is 10.1. The lowest BCUT2D eigenvalue weighted by molar-refractivity contribution is -0.121. The van der Waals surface area contributed by atoms with E-state index in [1.807, 2.05) is 81.4 Å². The van der Waals surface area contributed by atoms with Gasteiger partial charge in [-0.15, -0.1) is 11.8 Å². The summed E-state index contributed by atoms with van der Waals surface area (Å²) in [5.41, 5.74) is 5.82. The van der Waals surface area contributed by atoms with Gasteiger partial charge < -0.3 is 15.0 Å². The molecule has 2 amide bonds. The van der Waals surface area contributed by atoms with Crippen LogP contribution in [-0.4, -0.2) is 25.5 Å². The second-order valence-corrected chi connectivity index (χ2v) is 9.60. The van der Waals surface area contributed by atoms with E-state index in [1.54, 1.807) is 23.8 Å². The molecule has 170 valence electrons. The lowest BCUT2D eigenvalue weighted by Crippen LogP contribution is -2.38. The molecular formula is C27H28N2O3S. The Morgan fingerprint density at radius 1 is 1.06 bits per heavy atom. The Labute approximate surface area is 199 Å². The van der Waals surface area contributed by atoms with Crippen molar-refractivity contribution in [1.82, 2.24) is 0 Å². The van der Waals surface area contributed by atoms with E-state index in [9.17, 15) is 9.59 Å². The van der Waals surface area contributed by atoms with Crippen LogP contribution in [0.25, 0.3) is 0 Å². The fraction of sp³-hybridized carbons (Fsp3) is 0.259. The first-order valence-corrected chi connectivity index (χ1v) is 11.8. The lowest BCUT2D eigenvalue weighted by Gasteiger charge is -2.23. The summed E-state index contributed by atoms with van der Waals surface area (Å²) in [7, 11) is 1.64. The number of hydrogen-bond donors (Lipinski definition) is 1. The standard InChI is InChI=1S/C27H28N2O3S/c1-17-13-18(2)27(19(3)14-17)28-25(30)16-29-22-7-5-6-8-23(22)33-24(15-26(29)31)20-9-11-21(32-4)12-10-20/h5-14,24H,15-16H2,1-4H3,(H,28,30)/t24-/m0/s1. The molecule has 0 spiro atoms. The first-order chi connectivity index (χ1) is 15.9. The van der Waals surface area contributed by atoms with Crippen LogP contribution < -0.4 is 15.0 Å². The van der Waals surface area contributed by atoms with Gasteiger partial charge in [0.2, 0.25) is 11.8 Å². The number of ether oxygens (including phenoxy) is 1. The molecule has 3 aromatic rings. The van der Waals surface area contributed by atoms with Gasteiger partial charge in [-0.25, -0.2) is 0 Å². The molecule has 1 N–H and O–H groups in total. The first-order valence-electron chi connectivity index (χ1n) is 10.9. The maximum absolute atomic E-state index is 13.4. The average Bonchev–Trinajstić information content (AvgIpc) is 2.93. The normalized spacial score (nSPS) is 15.6. The zero-order valence-electron chi connectivity index (χ0n) is 19.3. The molecule has 0 fully saturated rings. The Balaban J connectivity index is 1.58. The van der Waals surface area contributed by atoms with Crippen molar-refractivity contribution in [2.75, 3.05) is 23.9 Å². The number of fused-ring (bicyclic) bond motifs is 1. The molecule has 1 aliphatic heterocycles. The zero-order chi connectivity index (χ0) is 23.5. The number of nitrogens with one attached hydrogen (secondary N) is 1. The molecular weight excluding hydrogens is 432 g/mol. The summed E-state index contributed by atoms with van der Waals surface area (Å²) in [6, 6.07) is 19.7. The molecule has 0 saturated heterocycles. The number of rotatable bonds is 5. The predicted molar refractivity (Wildman–Crippen MR) is 134 cm³/mol. The number of methoxy groups -OCH3 is 1. The molecule has 1 aliphatic rings. The zero-order valence-corrected chi connectivity index (χ0v) is 20.2. The topological polar surface area (TPSA) is 58.6 Å². The van der Waals surface area contributed by atoms with Crippen LogP contribution in [0, 0.1) is 20.8 Å². The number of benzene rings is 3. The van der Waals surface area contributed by atoms with Gasteiger partial charge in [-0.05, 0) is 61.7 Å². The highest BCUT2D eigenvalue weighted by molar-refractivity contribution is 7.99. The maximum atomic E-state index is 13.4. The van der Waals surface area contributed by atoms with Crippen LogP contribution in [-0.2, 0) is 9.59 Å². The summed E-state index contributed by atoms with van der Waals surface area (Å²) in [4.78, 5) is 29.0. The molecule has 1 atom stereocenters. The van der Waals surface area contributed by atoms with E-state index in [0.29, 0.717) is 6.42 Å². The van der Waals surface area contributed by atoms with Crippen LogP contribution in [0.15, 0.2) is 65.6 Å². The van der Waals surface area contributed by atoms with E-state index < -0.39 is 0 Å². The smallest absolute Gasteiger partial charge is 0.244 e. The molecule has 1 heterocycles. The summed E-state index contributed by atoms with van der Waals surface area (Å²) < 4.78 is 5.27. The van der Waals surface area contributed by atoms with Gasteiger partial charge in [0, 0.05) is 22.3 Å². The number of aryl methyl sites for hydroxylation is 3. The predicted octanol–water partition coefficient (Wildman–Crippen LogP) is 5.83. The van der Waals surface area contributed by atoms with Crippen molar-refractivity contribution < 1.29 is 14.3 Å². The van der Waals surface area contributed by atoms with Gasteiger partial charge in [-0.3, -0.25) is 9.59 Å². The summed E-state index contributed by atoms with van der Waals surface area (Å²) in [5.74, 6) is 0.506. The van der Waals surface area contributed by atoms with Crippen molar-refractivity contribution in [3.05, 3.63) is 82.9 Å². The summed E-state index contributed by atoms with van der Waals surface area (Å²) in [5, 5.41) is 2.98. The number of anilines is 2. The minimum Gasteiger partial charge on any atom is -0.497 e. The van der Waals surface area contributed by atoms with E-state index in [4.69, 9.17) is 4.74 Å². The van der Waals surface area contributed by atoms with Gasteiger partial charge in [0.25, 0.3) is 0 Å². The molecule has 0 aromatic heterocycles. The van der Waals surface area contributed by atoms with E-state index in [2.05, 4.69) is 5.32 Å². The second-order valence-electron chi connectivity index (χ2n) is 8.35. The number of para-hydroxylation sites is 1. The molecule has 0 saturated carbocycles. The van der Waals surface area contributed by atoms with Gasteiger partial charge in [-0.1, -0.05) is 42.0 Å². The van der Waals surface area contributed by atoms with Crippen molar-refractivity contribution >= 4 is 35.0 Å². The minimum absolute atomic E-state index is 0.0293. The van der Waals surface area contributed by atoms with E-state index >= 15 is 0 Å². The summed E-state index contributed by atoms with van der Waals surface area (Å²) >= 11 is 1.65. The highest BCUT2D eigenvalue weighted by atomic mass is 32.2. The van der Waals surface area contributed by atoms with Crippen molar-refractivity contribution in [2.45, 2.75) is 37.3 Å². The van der Waals surface area contributed by atoms with Gasteiger partial charge in [0.15, 0.2) is 0 Å². The van der Waals surface area contributed by atoms with Gasteiger partial charge in [0.05, 0.1) is 12.8 Å². The van der Waals surface area contributed by atoms with Crippen LogP contribution >= 0.6 is 11.8 Å². The number of thioether (sulfide) groups is 1. The largest absolute Gasteiger partial charge is 0.497 e. The number of nitrogens with zero attached hydrogens (tertiary/aromatic N) is 1. The van der Waals surface area contributed by atoms with Crippen molar-refractivity contribution in [1.29, 1.82) is 0 Å². The number of hydrogen-bond acceptors (Lipinski definition) is 4. The number of carbonyl (C=O) groups is 2. The Morgan fingerprint density at radius 3 is 2.39 bits per heavy atom. The fourth-order valence-corrected chi connectivity index (χ4v) is 5.54. The SMILES string of the molecule is COc1ccc([C@@H]2CC(=O)N(CC(=O)Nc3c(C)cc(C)cc3C)c3ccccc3S2)cc1. The van der Waals surface area contributed by atoms with Crippen molar-refractivity contribution in [3.8, 4) is 5.75 Å². The van der Waals surface area contributed by atoms with E-state index in [-0.39, 0.29) is 23.6 Å². The third kappa shape index (κ3) is 5.06. The Hall–Kier alpha value is -3.25. The third-order valence-corrected chi connectivity index (χ3v) is 7.14. The molecule has 4 rings (SSSR count). The molecule has 0 radical (unpaired) electrons. The Kier molecular flexibility index (Phi) is 6.75. The Morgan fingerprint density at radius 2 is 1.73 bits per heavy atom. The van der Waals surface area contributed by atoms with Gasteiger partial charge >= 0.3 is 0 Å². The minimum atomic E-state index is -0.207. The summed E-state index contributed by atoms with van der Waals surface area (Å²) in [6.45, 7) is 5.98. The second kappa shape index (κ2) is 9.71.